The van der Waals surface area contributed by atoms with Crippen molar-refractivity contribution in [1.82, 2.24) is 10.9 Å². The average Bonchev–Trinajstić information content (AvgIpc) is 2.81. The first-order valence-electron chi connectivity index (χ1n) is 10.6. The van der Waals surface area contributed by atoms with E-state index in [-0.39, 0.29) is 27.8 Å². The van der Waals surface area contributed by atoms with E-state index in [1.807, 2.05) is 23.9 Å². The van der Waals surface area contributed by atoms with Gasteiger partial charge in [-0.25, -0.2) is 0 Å². The molecule has 32 heavy (non-hydrogen) atoms. The van der Waals surface area contributed by atoms with Crippen LogP contribution < -0.4 is 20.5 Å². The summed E-state index contributed by atoms with van der Waals surface area (Å²) in [6.07, 6.45) is 2.06. The van der Waals surface area contributed by atoms with Crippen molar-refractivity contribution in [2.24, 2.45) is 11.8 Å². The third-order valence-electron chi connectivity index (χ3n) is 6.28. The highest BCUT2D eigenvalue weighted by Crippen LogP contribution is 2.34. The third kappa shape index (κ3) is 5.17. The van der Waals surface area contributed by atoms with E-state index < -0.39 is 5.91 Å². The quantitative estimate of drug-likeness (QED) is 0.539. The van der Waals surface area contributed by atoms with Crippen molar-refractivity contribution in [1.29, 1.82) is 0 Å². The molecule has 5 rings (SSSR count). The van der Waals surface area contributed by atoms with Crippen molar-refractivity contribution in [3.8, 4) is 5.75 Å². The first-order valence-corrected chi connectivity index (χ1v) is 12.4. The zero-order chi connectivity index (χ0) is 22.7. The fourth-order valence-corrected chi connectivity index (χ4v) is 6.66. The Morgan fingerprint density at radius 3 is 2.47 bits per heavy atom. The third-order valence-corrected chi connectivity index (χ3v) is 8.31. The van der Waals surface area contributed by atoms with Crippen LogP contribution in [-0.4, -0.2) is 37.4 Å². The summed E-state index contributed by atoms with van der Waals surface area (Å²) in [5.74, 6) is 1.22. The molecule has 3 aliphatic heterocycles. The Morgan fingerprint density at radius 1 is 1.09 bits per heavy atom. The molecule has 3 fully saturated rings. The van der Waals surface area contributed by atoms with Crippen molar-refractivity contribution in [2.75, 3.05) is 20.2 Å². The minimum Gasteiger partial charge on any atom is -0.497 e. The van der Waals surface area contributed by atoms with Gasteiger partial charge in [0.1, 0.15) is 17.0 Å². The summed E-state index contributed by atoms with van der Waals surface area (Å²) < 4.78 is 5.23. The topological polar surface area (TPSA) is 71.9 Å². The van der Waals surface area contributed by atoms with Crippen LogP contribution in [0.5, 0.6) is 5.75 Å². The molecule has 2 aromatic carbocycles. The predicted octanol–water partition coefficient (Wildman–Crippen LogP) is 2.95. The number of hydrogen-bond acceptors (Lipinski definition) is 4. The molecule has 0 spiro atoms. The number of benzene rings is 2. The van der Waals surface area contributed by atoms with E-state index in [2.05, 4.69) is 23.0 Å². The largest absolute Gasteiger partial charge is 0.497 e. The standard InChI is InChI=1S/C23H25Cl2N3O3S/c1-31-17-5-2-14(3-6-17)13-32-23-20(15-8-10-28(23)11-9-15)22(30)27-26-21(29)18-7-4-16(24)12-19(18)25/h2-7,12,15,20,23H,8-11,13H2,1H3,(H,26,29)(H,27,30)/p+1/t20-,23+/m1/s1. The maximum absolute atomic E-state index is 13.1. The van der Waals surface area contributed by atoms with Crippen molar-refractivity contribution in [3.63, 3.8) is 0 Å². The van der Waals surface area contributed by atoms with Gasteiger partial charge in [-0.3, -0.25) is 20.4 Å². The Labute approximate surface area is 201 Å². The number of fused-ring (bicyclic) bond motifs is 3. The predicted molar refractivity (Wildman–Crippen MR) is 127 cm³/mol. The Balaban J connectivity index is 1.40. The molecule has 3 heterocycles. The molecule has 0 unspecified atom stereocenters. The first-order chi connectivity index (χ1) is 15.5. The minimum atomic E-state index is -0.462. The number of thioether (sulfide) groups is 1. The van der Waals surface area contributed by atoms with E-state index >= 15 is 0 Å². The van der Waals surface area contributed by atoms with Crippen LogP contribution in [0.3, 0.4) is 0 Å². The highest BCUT2D eigenvalue weighted by Gasteiger charge is 2.49. The number of amides is 2. The number of nitrogens with one attached hydrogen (secondary N) is 3. The number of quaternary nitrogens is 1. The van der Waals surface area contributed by atoms with Crippen LogP contribution >= 0.6 is 35.0 Å². The number of rotatable bonds is 6. The van der Waals surface area contributed by atoms with Crippen molar-refractivity contribution in [3.05, 3.63) is 63.6 Å². The van der Waals surface area contributed by atoms with Crippen LogP contribution in [0.25, 0.3) is 0 Å². The number of ether oxygens (including phenoxy) is 1. The van der Waals surface area contributed by atoms with Crippen molar-refractivity contribution < 1.29 is 19.2 Å². The fraction of sp³-hybridized carbons (Fsp3) is 0.391. The minimum absolute atomic E-state index is 0.141. The number of piperidine rings is 3. The SMILES string of the molecule is COc1ccc(CS[C@H]2[C@@H](C(=O)NNC(=O)c3ccc(Cl)cc3Cl)C3CC[NH+]2CC3)cc1. The zero-order valence-electron chi connectivity index (χ0n) is 17.7. The van der Waals surface area contributed by atoms with Gasteiger partial charge in [-0.15, -0.1) is 0 Å². The Bertz CT molecular complexity index is 981. The van der Waals surface area contributed by atoms with Crippen molar-refractivity contribution >= 4 is 46.8 Å². The second-order valence-corrected chi connectivity index (χ2v) is 10.1. The van der Waals surface area contributed by atoms with Gasteiger partial charge in [0, 0.05) is 23.6 Å². The van der Waals surface area contributed by atoms with Gasteiger partial charge in [-0.2, -0.15) is 0 Å². The number of carbonyl (C=O) groups excluding carboxylic acids is 2. The van der Waals surface area contributed by atoms with Crippen LogP contribution in [-0.2, 0) is 10.5 Å². The molecule has 3 aliphatic rings. The molecule has 9 heteroatoms. The van der Waals surface area contributed by atoms with Crippen LogP contribution in [0.15, 0.2) is 42.5 Å². The molecule has 6 nitrogen and oxygen atoms in total. The summed E-state index contributed by atoms with van der Waals surface area (Å²) in [5, 5.41) is 0.840. The summed E-state index contributed by atoms with van der Waals surface area (Å²) in [6, 6.07) is 12.7. The first kappa shape index (κ1) is 23.2. The zero-order valence-corrected chi connectivity index (χ0v) is 20.0. The average molecular weight is 495 g/mol. The van der Waals surface area contributed by atoms with Gasteiger partial charge in [0.2, 0.25) is 5.91 Å². The molecule has 3 saturated heterocycles. The van der Waals surface area contributed by atoms with E-state index in [1.54, 1.807) is 13.2 Å². The second-order valence-electron chi connectivity index (χ2n) is 8.17. The fourth-order valence-electron chi connectivity index (χ4n) is 4.58. The Kier molecular flexibility index (Phi) is 7.51. The molecule has 2 aromatic rings. The summed E-state index contributed by atoms with van der Waals surface area (Å²) in [4.78, 5) is 27.1. The molecule has 0 aromatic heterocycles. The summed E-state index contributed by atoms with van der Waals surface area (Å²) in [7, 11) is 1.65. The lowest BCUT2D eigenvalue weighted by Crippen LogP contribution is -3.19. The molecular formula is C23H26Cl2N3O3S+. The molecule has 2 amide bonds. The van der Waals surface area contributed by atoms with Gasteiger partial charge in [0.15, 0.2) is 0 Å². The lowest BCUT2D eigenvalue weighted by atomic mass is 9.78. The number of carbonyl (C=O) groups is 2. The lowest BCUT2D eigenvalue weighted by Gasteiger charge is -2.46. The maximum Gasteiger partial charge on any atom is 0.271 e. The molecule has 2 bridgehead atoms. The number of methoxy groups -OCH3 is 1. The van der Waals surface area contributed by atoms with Crippen LogP contribution in [0.1, 0.15) is 28.8 Å². The van der Waals surface area contributed by atoms with E-state index in [9.17, 15) is 9.59 Å². The van der Waals surface area contributed by atoms with Gasteiger partial charge >= 0.3 is 0 Å². The molecule has 3 N–H and O–H groups in total. The monoisotopic (exact) mass is 494 g/mol. The molecule has 0 aliphatic carbocycles. The lowest BCUT2D eigenvalue weighted by molar-refractivity contribution is -0.930. The molecular weight excluding hydrogens is 469 g/mol. The summed E-state index contributed by atoms with van der Waals surface area (Å²) in [5.41, 5.74) is 6.63. The van der Waals surface area contributed by atoms with Crippen LogP contribution in [0.4, 0.5) is 0 Å². The Morgan fingerprint density at radius 2 is 1.81 bits per heavy atom. The molecule has 0 radical (unpaired) electrons. The highest BCUT2D eigenvalue weighted by molar-refractivity contribution is 7.98. The maximum atomic E-state index is 13.1. The van der Waals surface area contributed by atoms with Gasteiger partial charge in [-0.05, 0) is 41.8 Å². The van der Waals surface area contributed by atoms with Gasteiger partial charge in [-0.1, -0.05) is 47.1 Å². The van der Waals surface area contributed by atoms with Gasteiger partial charge in [0.25, 0.3) is 5.91 Å². The van der Waals surface area contributed by atoms with E-state index in [0.29, 0.717) is 10.9 Å². The summed E-state index contributed by atoms with van der Waals surface area (Å²) >= 11 is 13.8. The number of hydrazine groups is 1. The Hall–Kier alpha value is -1.93. The van der Waals surface area contributed by atoms with Gasteiger partial charge in [0.05, 0.1) is 30.8 Å². The van der Waals surface area contributed by atoms with Gasteiger partial charge < -0.3 is 9.64 Å². The smallest absolute Gasteiger partial charge is 0.271 e. The molecule has 2 atom stereocenters. The van der Waals surface area contributed by atoms with E-state index in [1.165, 1.54) is 22.6 Å². The van der Waals surface area contributed by atoms with Crippen LogP contribution in [0, 0.1) is 11.8 Å². The normalized spacial score (nSPS) is 24.1. The highest BCUT2D eigenvalue weighted by atomic mass is 35.5. The van der Waals surface area contributed by atoms with Crippen molar-refractivity contribution in [2.45, 2.75) is 24.0 Å². The van der Waals surface area contributed by atoms with E-state index in [0.717, 1.165) is 37.4 Å². The molecule has 170 valence electrons. The van der Waals surface area contributed by atoms with Crippen LogP contribution in [0.2, 0.25) is 10.0 Å². The second kappa shape index (κ2) is 10.3. The number of hydrogen-bond donors (Lipinski definition) is 3. The molecule has 0 saturated carbocycles. The summed E-state index contributed by atoms with van der Waals surface area (Å²) in [6.45, 7) is 2.17. The van der Waals surface area contributed by atoms with E-state index in [4.69, 9.17) is 27.9 Å². The number of halogens is 2.